The lowest BCUT2D eigenvalue weighted by atomic mass is 9.84. The van der Waals surface area contributed by atoms with Gasteiger partial charge in [0.25, 0.3) is 0 Å². The van der Waals surface area contributed by atoms with Crippen LogP contribution in [0.1, 0.15) is 43.6 Å². The molecule has 0 atom stereocenters. The van der Waals surface area contributed by atoms with Crippen molar-refractivity contribution in [2.45, 2.75) is 38.0 Å². The SMILES string of the molecule is Fc1ccc(N(I)c2cccc3c2sc2c(C4CCCCC4)cccc23)cc1. The van der Waals surface area contributed by atoms with Crippen molar-refractivity contribution in [1.82, 2.24) is 0 Å². The van der Waals surface area contributed by atoms with Crippen LogP contribution in [0.25, 0.3) is 20.2 Å². The molecule has 4 aromatic rings. The molecule has 1 aliphatic rings. The van der Waals surface area contributed by atoms with Crippen molar-refractivity contribution in [3.63, 3.8) is 0 Å². The maximum atomic E-state index is 13.3. The Morgan fingerprint density at radius 2 is 1.50 bits per heavy atom. The predicted octanol–water partition coefficient (Wildman–Crippen LogP) is 8.73. The molecule has 1 aromatic heterocycles. The second kappa shape index (κ2) is 7.64. The Morgan fingerprint density at radius 1 is 0.821 bits per heavy atom. The third kappa shape index (κ3) is 3.20. The van der Waals surface area contributed by atoms with Crippen LogP contribution in [0.3, 0.4) is 0 Å². The fourth-order valence-corrected chi connectivity index (χ4v) is 6.71. The van der Waals surface area contributed by atoms with Crippen LogP contribution in [-0.2, 0) is 0 Å². The molecule has 1 saturated carbocycles. The molecule has 1 aliphatic carbocycles. The zero-order chi connectivity index (χ0) is 19.1. The quantitative estimate of drug-likeness (QED) is 0.200. The van der Waals surface area contributed by atoms with Gasteiger partial charge in [-0.25, -0.2) is 4.39 Å². The molecule has 1 nitrogen and oxygen atoms in total. The molecule has 0 amide bonds. The van der Waals surface area contributed by atoms with E-state index in [1.807, 2.05) is 23.5 Å². The third-order valence-corrected chi connectivity index (χ3v) is 8.21. The molecule has 0 radical (unpaired) electrons. The Hall–Kier alpha value is -1.66. The lowest BCUT2D eigenvalue weighted by Gasteiger charge is -2.22. The molecular formula is C24H21FINS. The molecule has 0 spiro atoms. The fourth-order valence-electron chi connectivity index (χ4n) is 4.43. The number of rotatable bonds is 3. The Bertz CT molecular complexity index is 1130. The minimum atomic E-state index is -0.203. The Labute approximate surface area is 182 Å². The smallest absolute Gasteiger partial charge is 0.123 e. The number of fused-ring (bicyclic) bond motifs is 3. The lowest BCUT2D eigenvalue weighted by molar-refractivity contribution is 0.446. The van der Waals surface area contributed by atoms with E-state index in [1.54, 1.807) is 0 Å². The van der Waals surface area contributed by atoms with Crippen LogP contribution < -0.4 is 3.11 Å². The molecular weight excluding hydrogens is 480 g/mol. The van der Waals surface area contributed by atoms with Crippen molar-refractivity contribution in [3.8, 4) is 0 Å². The maximum absolute atomic E-state index is 13.3. The summed E-state index contributed by atoms with van der Waals surface area (Å²) >= 11 is 4.24. The Morgan fingerprint density at radius 3 is 2.25 bits per heavy atom. The summed E-state index contributed by atoms with van der Waals surface area (Å²) in [7, 11) is 0. The highest BCUT2D eigenvalue weighted by Gasteiger charge is 2.21. The van der Waals surface area contributed by atoms with Gasteiger partial charge in [-0.2, -0.15) is 0 Å². The summed E-state index contributed by atoms with van der Waals surface area (Å²) in [5, 5.41) is 2.69. The van der Waals surface area contributed by atoms with Crippen LogP contribution >= 0.6 is 34.2 Å². The first-order chi connectivity index (χ1) is 13.7. The predicted molar refractivity (Wildman–Crippen MR) is 128 cm³/mol. The number of nitrogens with zero attached hydrogens (tertiary/aromatic N) is 1. The Kier molecular flexibility index (Phi) is 5.01. The van der Waals surface area contributed by atoms with E-state index in [2.05, 4.69) is 62.4 Å². The summed E-state index contributed by atoms with van der Waals surface area (Å²) in [6.45, 7) is 0. The van der Waals surface area contributed by atoms with Gasteiger partial charge in [-0.05, 0) is 54.7 Å². The van der Waals surface area contributed by atoms with Gasteiger partial charge in [0.2, 0.25) is 0 Å². The highest BCUT2D eigenvalue weighted by atomic mass is 127. The molecule has 4 heteroatoms. The van der Waals surface area contributed by atoms with Crippen molar-refractivity contribution in [1.29, 1.82) is 0 Å². The molecule has 0 N–H and O–H groups in total. The van der Waals surface area contributed by atoms with Gasteiger partial charge in [-0.15, -0.1) is 11.3 Å². The Balaban J connectivity index is 1.66. The van der Waals surface area contributed by atoms with E-state index in [1.165, 1.54) is 75.7 Å². The number of hydrogen-bond acceptors (Lipinski definition) is 2. The normalized spacial score (nSPS) is 15.4. The number of anilines is 2. The summed E-state index contributed by atoms with van der Waals surface area (Å²) in [5.41, 5.74) is 3.69. The second-order valence-electron chi connectivity index (χ2n) is 7.57. The topological polar surface area (TPSA) is 3.24 Å². The number of benzene rings is 3. The molecule has 0 bridgehead atoms. The first kappa shape index (κ1) is 18.4. The summed E-state index contributed by atoms with van der Waals surface area (Å²) in [6.07, 6.45) is 6.71. The second-order valence-corrected chi connectivity index (χ2v) is 9.56. The van der Waals surface area contributed by atoms with Crippen LogP contribution in [0.5, 0.6) is 0 Å². The van der Waals surface area contributed by atoms with Crippen LogP contribution in [0.15, 0.2) is 60.7 Å². The standard InChI is InChI=1S/C24H21FINS/c25-17-12-14-18(15-13-17)27(26)22-11-5-10-21-20-9-4-8-19(23(20)28-24(21)22)16-6-2-1-3-7-16/h4-5,8-16H,1-3,6-7H2. The first-order valence-electron chi connectivity index (χ1n) is 9.88. The monoisotopic (exact) mass is 501 g/mol. The average Bonchev–Trinajstić information content (AvgIpc) is 3.13. The van der Waals surface area contributed by atoms with E-state index in [0.29, 0.717) is 5.92 Å². The van der Waals surface area contributed by atoms with Gasteiger partial charge in [0, 0.05) is 15.5 Å². The van der Waals surface area contributed by atoms with E-state index < -0.39 is 0 Å². The van der Waals surface area contributed by atoms with Gasteiger partial charge in [-0.1, -0.05) is 49.6 Å². The van der Waals surface area contributed by atoms with E-state index in [9.17, 15) is 4.39 Å². The average molecular weight is 501 g/mol. The summed E-state index contributed by atoms with van der Waals surface area (Å²) < 4.78 is 18.2. The number of thiophene rings is 1. The minimum absolute atomic E-state index is 0.203. The van der Waals surface area contributed by atoms with Crippen molar-refractivity contribution in [3.05, 3.63) is 72.0 Å². The van der Waals surface area contributed by atoms with Crippen molar-refractivity contribution < 1.29 is 4.39 Å². The molecule has 1 fully saturated rings. The largest absolute Gasteiger partial charge is 0.282 e. The van der Waals surface area contributed by atoms with E-state index in [0.717, 1.165) is 5.69 Å². The zero-order valence-corrected chi connectivity index (χ0v) is 18.5. The van der Waals surface area contributed by atoms with Gasteiger partial charge < -0.3 is 0 Å². The summed E-state index contributed by atoms with van der Waals surface area (Å²) in [6, 6.07) is 20.1. The van der Waals surface area contributed by atoms with Gasteiger partial charge >= 0.3 is 0 Å². The highest BCUT2D eigenvalue weighted by molar-refractivity contribution is 14.1. The number of hydrogen-bond donors (Lipinski definition) is 0. The van der Waals surface area contributed by atoms with E-state index in [4.69, 9.17) is 0 Å². The molecule has 28 heavy (non-hydrogen) atoms. The highest BCUT2D eigenvalue weighted by Crippen LogP contribution is 2.46. The lowest BCUT2D eigenvalue weighted by Crippen LogP contribution is -2.04. The fraction of sp³-hybridized carbons (Fsp3) is 0.250. The van der Waals surface area contributed by atoms with Gasteiger partial charge in [0.1, 0.15) is 5.82 Å². The van der Waals surface area contributed by atoms with Gasteiger partial charge in [-0.3, -0.25) is 3.11 Å². The minimum Gasteiger partial charge on any atom is -0.282 e. The first-order valence-corrected chi connectivity index (χ1v) is 11.7. The molecule has 0 unspecified atom stereocenters. The molecule has 1 heterocycles. The molecule has 5 rings (SSSR count). The number of halogens is 2. The van der Waals surface area contributed by atoms with Crippen LogP contribution in [0.2, 0.25) is 0 Å². The van der Waals surface area contributed by atoms with E-state index in [-0.39, 0.29) is 5.82 Å². The summed E-state index contributed by atoms with van der Waals surface area (Å²) in [5.74, 6) is 0.493. The van der Waals surface area contributed by atoms with Crippen molar-refractivity contribution in [2.75, 3.05) is 3.11 Å². The van der Waals surface area contributed by atoms with Gasteiger partial charge in [0.15, 0.2) is 0 Å². The zero-order valence-electron chi connectivity index (χ0n) is 15.5. The van der Waals surface area contributed by atoms with Crippen LogP contribution in [0, 0.1) is 5.82 Å². The van der Waals surface area contributed by atoms with E-state index >= 15 is 0 Å². The van der Waals surface area contributed by atoms with Crippen LogP contribution in [-0.4, -0.2) is 0 Å². The molecule has 0 aliphatic heterocycles. The molecule has 142 valence electrons. The van der Waals surface area contributed by atoms with Crippen LogP contribution in [0.4, 0.5) is 15.8 Å². The van der Waals surface area contributed by atoms with Crippen molar-refractivity contribution in [2.24, 2.45) is 0 Å². The summed E-state index contributed by atoms with van der Waals surface area (Å²) in [4.78, 5) is 0. The van der Waals surface area contributed by atoms with Crippen molar-refractivity contribution >= 4 is 65.7 Å². The maximum Gasteiger partial charge on any atom is 0.123 e. The third-order valence-electron chi connectivity index (χ3n) is 5.84. The van der Waals surface area contributed by atoms with Gasteiger partial charge in [0.05, 0.1) is 38.9 Å². The molecule has 0 saturated heterocycles. The molecule has 3 aromatic carbocycles.